The van der Waals surface area contributed by atoms with Gasteiger partial charge < -0.3 is 10.8 Å². The highest BCUT2D eigenvalue weighted by Gasteiger charge is 2.07. The Bertz CT molecular complexity index is 345. The lowest BCUT2D eigenvalue weighted by Crippen LogP contribution is -2.14. The maximum atomic E-state index is 8.75. The molecule has 0 spiro atoms. The van der Waals surface area contributed by atoms with Crippen LogP contribution in [-0.4, -0.2) is 32.8 Å². The number of nitrogens with one attached hydrogen (secondary N) is 1. The number of nitrogens with zero attached hydrogens (tertiary/aromatic N) is 2. The van der Waals surface area contributed by atoms with Crippen molar-refractivity contribution in [1.82, 2.24) is 9.97 Å². The summed E-state index contributed by atoms with van der Waals surface area (Å²) in [4.78, 5) is 8.18. The van der Waals surface area contributed by atoms with Gasteiger partial charge in [-0.3, -0.25) is 5.41 Å². The Morgan fingerprint density at radius 3 is 3.07 bits per heavy atom. The number of thioether (sulfide) groups is 1. The lowest BCUT2D eigenvalue weighted by molar-refractivity contribution is 0.289. The van der Waals surface area contributed by atoms with Crippen LogP contribution >= 0.6 is 11.8 Å². The zero-order valence-electron chi connectivity index (χ0n) is 8.47. The van der Waals surface area contributed by atoms with Gasteiger partial charge in [-0.15, -0.1) is 0 Å². The minimum Gasteiger partial charge on any atom is -0.396 e. The summed E-state index contributed by atoms with van der Waals surface area (Å²) < 4.78 is 0. The molecule has 1 rings (SSSR count). The van der Waals surface area contributed by atoms with E-state index in [1.807, 2.05) is 6.92 Å². The number of aliphatic hydroxyl groups is 1. The number of hydrogen-bond donors (Lipinski definition) is 3. The highest BCUT2D eigenvalue weighted by molar-refractivity contribution is 7.99. The Labute approximate surface area is 92.6 Å². The molecule has 0 aromatic carbocycles. The number of aromatic nitrogens is 2. The fraction of sp³-hybridized carbons (Fsp3) is 0.444. The third-order valence-electron chi connectivity index (χ3n) is 1.75. The molecular formula is C9H14N4OS. The van der Waals surface area contributed by atoms with Gasteiger partial charge in [-0.2, -0.15) is 0 Å². The molecule has 1 unspecified atom stereocenters. The first-order valence-electron chi connectivity index (χ1n) is 4.58. The minimum absolute atomic E-state index is 0.0611. The number of nitrogens with two attached hydrogens (primary N) is 1. The van der Waals surface area contributed by atoms with Crippen molar-refractivity contribution in [2.75, 3.05) is 6.61 Å². The van der Waals surface area contributed by atoms with Crippen LogP contribution in [0.5, 0.6) is 0 Å². The first-order valence-corrected chi connectivity index (χ1v) is 5.46. The molecule has 0 amide bonds. The maximum absolute atomic E-state index is 8.75. The second-order valence-electron chi connectivity index (χ2n) is 3.08. The van der Waals surface area contributed by atoms with Crippen molar-refractivity contribution < 1.29 is 5.11 Å². The van der Waals surface area contributed by atoms with Crippen LogP contribution in [0.25, 0.3) is 0 Å². The van der Waals surface area contributed by atoms with Crippen LogP contribution in [0.3, 0.4) is 0 Å². The molecule has 0 aliphatic heterocycles. The molecule has 15 heavy (non-hydrogen) atoms. The van der Waals surface area contributed by atoms with Gasteiger partial charge in [-0.1, -0.05) is 18.7 Å². The summed E-state index contributed by atoms with van der Waals surface area (Å²) in [5.74, 6) is -0.0611. The highest BCUT2D eigenvalue weighted by Crippen LogP contribution is 2.20. The number of hydrogen-bond acceptors (Lipinski definition) is 5. The number of nitrogen functional groups attached to an aromatic ring is 1. The molecule has 1 heterocycles. The SMILES string of the molecule is CC(CCO)Sc1nccc(C(=N)N)n1. The van der Waals surface area contributed by atoms with E-state index in [0.717, 1.165) is 0 Å². The summed E-state index contributed by atoms with van der Waals surface area (Å²) in [6.45, 7) is 2.14. The molecule has 82 valence electrons. The van der Waals surface area contributed by atoms with Gasteiger partial charge in [0.25, 0.3) is 0 Å². The van der Waals surface area contributed by atoms with Crippen LogP contribution in [0.2, 0.25) is 0 Å². The number of amidine groups is 1. The Morgan fingerprint density at radius 1 is 1.73 bits per heavy atom. The average Bonchev–Trinajstić information content (AvgIpc) is 2.18. The van der Waals surface area contributed by atoms with Crippen molar-refractivity contribution in [2.24, 2.45) is 5.73 Å². The van der Waals surface area contributed by atoms with E-state index in [-0.39, 0.29) is 17.7 Å². The van der Waals surface area contributed by atoms with Crippen molar-refractivity contribution in [1.29, 1.82) is 5.41 Å². The summed E-state index contributed by atoms with van der Waals surface area (Å²) in [5.41, 5.74) is 5.75. The van der Waals surface area contributed by atoms with Gasteiger partial charge in [-0.25, -0.2) is 9.97 Å². The highest BCUT2D eigenvalue weighted by atomic mass is 32.2. The minimum atomic E-state index is -0.0611. The van der Waals surface area contributed by atoms with E-state index in [9.17, 15) is 0 Å². The Balaban J connectivity index is 2.69. The fourth-order valence-electron chi connectivity index (χ4n) is 0.968. The zero-order valence-corrected chi connectivity index (χ0v) is 9.29. The number of rotatable bonds is 5. The van der Waals surface area contributed by atoms with Crippen molar-refractivity contribution in [3.8, 4) is 0 Å². The normalized spacial score (nSPS) is 12.4. The Kier molecular flexibility index (Phi) is 4.51. The molecule has 1 aromatic heterocycles. The molecule has 0 aliphatic carbocycles. The van der Waals surface area contributed by atoms with Gasteiger partial charge in [0.15, 0.2) is 5.16 Å². The van der Waals surface area contributed by atoms with E-state index in [2.05, 4.69) is 9.97 Å². The topological polar surface area (TPSA) is 95.9 Å². The standard InChI is InChI=1S/C9H14N4OS/c1-6(3-5-14)15-9-12-4-2-7(13-9)8(10)11/h2,4,6,14H,3,5H2,1H3,(H3,10,11). The van der Waals surface area contributed by atoms with E-state index in [1.165, 1.54) is 11.8 Å². The summed E-state index contributed by atoms with van der Waals surface area (Å²) in [5, 5.41) is 16.8. The largest absolute Gasteiger partial charge is 0.396 e. The van der Waals surface area contributed by atoms with Crippen LogP contribution in [-0.2, 0) is 0 Å². The molecule has 0 saturated carbocycles. The first kappa shape index (κ1) is 11.9. The second kappa shape index (κ2) is 5.67. The molecule has 1 aromatic rings. The zero-order chi connectivity index (χ0) is 11.3. The van der Waals surface area contributed by atoms with Crippen LogP contribution < -0.4 is 5.73 Å². The first-order chi connectivity index (χ1) is 7.13. The lowest BCUT2D eigenvalue weighted by Gasteiger charge is -2.07. The summed E-state index contributed by atoms with van der Waals surface area (Å²) in [6.07, 6.45) is 2.27. The summed E-state index contributed by atoms with van der Waals surface area (Å²) in [6, 6.07) is 1.60. The molecule has 6 heteroatoms. The lowest BCUT2D eigenvalue weighted by atomic mass is 10.3. The van der Waals surface area contributed by atoms with Crippen LogP contribution in [0.15, 0.2) is 17.4 Å². The van der Waals surface area contributed by atoms with Gasteiger partial charge in [0.05, 0.1) is 0 Å². The molecule has 0 radical (unpaired) electrons. The van der Waals surface area contributed by atoms with E-state index in [0.29, 0.717) is 17.3 Å². The predicted octanol–water partition coefficient (Wildman–Crippen LogP) is 0.624. The van der Waals surface area contributed by atoms with Gasteiger partial charge in [0.1, 0.15) is 11.5 Å². The van der Waals surface area contributed by atoms with E-state index >= 15 is 0 Å². The molecule has 4 N–H and O–H groups in total. The Hall–Kier alpha value is -1.14. The van der Waals surface area contributed by atoms with E-state index in [1.54, 1.807) is 12.3 Å². The molecule has 0 bridgehead atoms. The quantitative estimate of drug-likeness (QED) is 0.296. The molecule has 0 fully saturated rings. The monoisotopic (exact) mass is 226 g/mol. The predicted molar refractivity (Wildman–Crippen MR) is 60.1 cm³/mol. The molecule has 1 atom stereocenters. The van der Waals surface area contributed by atoms with E-state index in [4.69, 9.17) is 16.2 Å². The van der Waals surface area contributed by atoms with Crippen molar-refractivity contribution >= 4 is 17.6 Å². The van der Waals surface area contributed by atoms with Gasteiger partial charge in [-0.05, 0) is 12.5 Å². The van der Waals surface area contributed by atoms with Gasteiger partial charge in [0.2, 0.25) is 0 Å². The Morgan fingerprint density at radius 2 is 2.47 bits per heavy atom. The summed E-state index contributed by atoms with van der Waals surface area (Å²) >= 11 is 1.47. The van der Waals surface area contributed by atoms with Crippen molar-refractivity contribution in [3.63, 3.8) is 0 Å². The van der Waals surface area contributed by atoms with Crippen LogP contribution in [0, 0.1) is 5.41 Å². The maximum Gasteiger partial charge on any atom is 0.188 e. The van der Waals surface area contributed by atoms with Gasteiger partial charge >= 0.3 is 0 Å². The third-order valence-corrected chi connectivity index (χ3v) is 2.80. The molecule has 0 saturated heterocycles. The van der Waals surface area contributed by atoms with Crippen molar-refractivity contribution in [2.45, 2.75) is 23.8 Å². The van der Waals surface area contributed by atoms with E-state index < -0.39 is 0 Å². The number of aliphatic hydroxyl groups excluding tert-OH is 1. The second-order valence-corrected chi connectivity index (χ2v) is 4.48. The summed E-state index contributed by atoms with van der Waals surface area (Å²) in [7, 11) is 0. The molecule has 0 aliphatic rings. The molecule has 5 nitrogen and oxygen atoms in total. The van der Waals surface area contributed by atoms with Gasteiger partial charge in [0, 0.05) is 18.1 Å². The average molecular weight is 226 g/mol. The fourth-order valence-corrected chi connectivity index (χ4v) is 1.82. The molecular weight excluding hydrogens is 212 g/mol. The third kappa shape index (κ3) is 3.85. The van der Waals surface area contributed by atoms with Crippen LogP contribution in [0.1, 0.15) is 19.0 Å². The van der Waals surface area contributed by atoms with Crippen molar-refractivity contribution in [3.05, 3.63) is 18.0 Å². The van der Waals surface area contributed by atoms with Crippen LogP contribution in [0.4, 0.5) is 0 Å². The smallest absolute Gasteiger partial charge is 0.188 e.